The van der Waals surface area contributed by atoms with Gasteiger partial charge in [0.05, 0.1) is 10.3 Å². The lowest BCUT2D eigenvalue weighted by Gasteiger charge is -2.37. The first-order chi connectivity index (χ1) is 15.0. The quantitative estimate of drug-likeness (QED) is 0.512. The van der Waals surface area contributed by atoms with Gasteiger partial charge in [0.1, 0.15) is 30.4 Å². The molecule has 1 fully saturated rings. The number of quaternary nitrogens is 1. The highest BCUT2D eigenvalue weighted by molar-refractivity contribution is 7.09. The average molecular weight is 460 g/mol. The van der Waals surface area contributed by atoms with E-state index in [4.69, 9.17) is 11.6 Å². The molecular formula is C24H22ClF2N2OS+. The largest absolute Gasteiger partial charge is 0.357 e. The summed E-state index contributed by atoms with van der Waals surface area (Å²) in [6.45, 7) is 2.48. The van der Waals surface area contributed by atoms with E-state index in [0.717, 1.165) is 54.2 Å². The second-order valence-corrected chi connectivity index (χ2v) is 9.93. The normalized spacial score (nSPS) is 21.9. The van der Waals surface area contributed by atoms with Crippen molar-refractivity contribution in [2.75, 3.05) is 19.6 Å². The number of hydrogen-bond acceptors (Lipinski definition) is 3. The minimum absolute atomic E-state index is 0.134. The zero-order chi connectivity index (χ0) is 21.6. The lowest BCUT2D eigenvalue weighted by molar-refractivity contribution is 0.0719. The number of amides is 1. The number of piperidine rings is 1. The predicted octanol–water partition coefficient (Wildman–Crippen LogP) is 5.66. The van der Waals surface area contributed by atoms with Gasteiger partial charge in [0.25, 0.3) is 0 Å². The maximum absolute atomic E-state index is 14.8. The Morgan fingerprint density at radius 2 is 1.84 bits per heavy atom. The fourth-order valence-corrected chi connectivity index (χ4v) is 6.26. The van der Waals surface area contributed by atoms with Gasteiger partial charge in [-0.2, -0.15) is 0 Å². The summed E-state index contributed by atoms with van der Waals surface area (Å²) in [7, 11) is 0. The molecule has 0 radical (unpaired) electrons. The molecule has 1 unspecified atom stereocenters. The molecule has 2 aliphatic rings. The molecule has 160 valence electrons. The first-order valence-corrected chi connectivity index (χ1v) is 11.6. The number of carbonyl (C=O) groups excluding carboxylic acids is 1. The van der Waals surface area contributed by atoms with Crippen molar-refractivity contribution in [1.29, 1.82) is 0 Å². The number of benzene rings is 2. The zero-order valence-corrected chi connectivity index (χ0v) is 18.4. The smallest absolute Gasteiger partial charge is 0.317 e. The Labute approximate surface area is 188 Å². The molecule has 1 atom stereocenters. The summed E-state index contributed by atoms with van der Waals surface area (Å²) in [6.07, 6.45) is 1.69. The van der Waals surface area contributed by atoms with E-state index in [1.807, 2.05) is 29.6 Å². The van der Waals surface area contributed by atoms with Crippen LogP contribution < -0.4 is 9.80 Å². The summed E-state index contributed by atoms with van der Waals surface area (Å²) in [4.78, 5) is 15.1. The Balaban J connectivity index is 1.75. The van der Waals surface area contributed by atoms with Gasteiger partial charge in [-0.25, -0.2) is 18.1 Å². The number of carbonyl (C=O) groups is 1. The van der Waals surface area contributed by atoms with Crippen molar-refractivity contribution in [3.63, 3.8) is 0 Å². The van der Waals surface area contributed by atoms with Crippen molar-refractivity contribution in [3.05, 3.63) is 86.6 Å². The standard InChI is InChI=1S/C24H22ClF2N2OS/c25-16-6-7-21-18(13-16)24(8-10-28-11-9-24)15-29(21,14-17-3-2-12-31-17)23(30)22-19(26)4-1-5-20(22)27/h1-7,12-13,28H,8-11,14-15H2/q+1. The van der Waals surface area contributed by atoms with E-state index < -0.39 is 23.1 Å². The van der Waals surface area contributed by atoms with E-state index in [2.05, 4.69) is 5.32 Å². The molecule has 7 heteroatoms. The van der Waals surface area contributed by atoms with Crippen molar-refractivity contribution < 1.29 is 13.6 Å². The van der Waals surface area contributed by atoms with Gasteiger partial charge in [0, 0.05) is 16.7 Å². The summed E-state index contributed by atoms with van der Waals surface area (Å²) in [5, 5.41) is 5.96. The third kappa shape index (κ3) is 3.33. The highest BCUT2D eigenvalue weighted by Gasteiger charge is 2.58. The second kappa shape index (κ2) is 7.78. The average Bonchev–Trinajstić information content (AvgIpc) is 3.34. The molecule has 1 amide bonds. The predicted molar refractivity (Wildman–Crippen MR) is 121 cm³/mol. The van der Waals surface area contributed by atoms with E-state index in [0.29, 0.717) is 18.1 Å². The van der Waals surface area contributed by atoms with Crippen molar-refractivity contribution in [3.8, 4) is 0 Å². The third-order valence-corrected chi connectivity index (χ3v) is 7.79. The molecule has 1 N–H and O–H groups in total. The first-order valence-electron chi connectivity index (χ1n) is 10.3. The molecule has 5 rings (SSSR count). The van der Waals surface area contributed by atoms with Crippen LogP contribution in [0.4, 0.5) is 14.5 Å². The highest BCUT2D eigenvalue weighted by atomic mass is 35.5. The molecule has 2 aliphatic heterocycles. The zero-order valence-electron chi connectivity index (χ0n) is 16.8. The minimum Gasteiger partial charge on any atom is -0.317 e. The lowest BCUT2D eigenvalue weighted by Crippen LogP contribution is -2.56. The maximum Gasteiger partial charge on any atom is 0.357 e. The summed E-state index contributed by atoms with van der Waals surface area (Å²) in [5.41, 5.74) is 1.10. The number of hydrogen-bond donors (Lipinski definition) is 1. The fraction of sp³-hybridized carbons (Fsp3) is 0.292. The Bertz CT molecular complexity index is 1120. The number of fused-ring (bicyclic) bond motifs is 2. The number of nitrogens with zero attached hydrogens (tertiary/aromatic N) is 1. The monoisotopic (exact) mass is 459 g/mol. The van der Waals surface area contributed by atoms with Crippen LogP contribution in [0, 0.1) is 11.6 Å². The molecule has 31 heavy (non-hydrogen) atoms. The van der Waals surface area contributed by atoms with Crippen LogP contribution in [-0.4, -0.2) is 25.5 Å². The minimum atomic E-state index is -0.824. The van der Waals surface area contributed by atoms with Crippen molar-refractivity contribution in [2.45, 2.75) is 24.8 Å². The summed E-state index contributed by atoms with van der Waals surface area (Å²) in [5.74, 6) is -2.19. The maximum atomic E-state index is 14.8. The van der Waals surface area contributed by atoms with Gasteiger partial charge in [0.2, 0.25) is 0 Å². The molecule has 2 aromatic carbocycles. The van der Waals surface area contributed by atoms with Crippen molar-refractivity contribution >= 4 is 34.5 Å². The van der Waals surface area contributed by atoms with Gasteiger partial charge in [-0.3, -0.25) is 0 Å². The van der Waals surface area contributed by atoms with Crippen LogP contribution in [0.2, 0.25) is 5.02 Å². The Morgan fingerprint density at radius 1 is 1.10 bits per heavy atom. The molecule has 3 aromatic rings. The van der Waals surface area contributed by atoms with Gasteiger partial charge in [-0.15, -0.1) is 11.3 Å². The lowest BCUT2D eigenvalue weighted by atomic mass is 9.75. The topological polar surface area (TPSA) is 29.1 Å². The molecule has 3 heterocycles. The number of thiophene rings is 1. The Hall–Kier alpha value is -2.12. The molecule has 0 bridgehead atoms. The summed E-state index contributed by atoms with van der Waals surface area (Å²) < 4.78 is 29.4. The first kappa shape index (κ1) is 20.8. The molecule has 1 saturated heterocycles. The van der Waals surface area contributed by atoms with Crippen LogP contribution >= 0.6 is 22.9 Å². The van der Waals surface area contributed by atoms with Gasteiger partial charge < -0.3 is 5.32 Å². The summed E-state index contributed by atoms with van der Waals surface area (Å²) >= 11 is 7.93. The number of halogens is 3. The van der Waals surface area contributed by atoms with Crippen LogP contribution in [0.25, 0.3) is 0 Å². The molecule has 0 saturated carbocycles. The van der Waals surface area contributed by atoms with E-state index in [-0.39, 0.29) is 9.90 Å². The van der Waals surface area contributed by atoms with E-state index >= 15 is 0 Å². The van der Waals surface area contributed by atoms with Crippen LogP contribution in [0.3, 0.4) is 0 Å². The molecule has 1 aromatic heterocycles. The fourth-order valence-electron chi connectivity index (χ4n) is 5.30. The van der Waals surface area contributed by atoms with E-state index in [1.54, 1.807) is 17.4 Å². The van der Waals surface area contributed by atoms with Crippen LogP contribution in [-0.2, 0) is 12.0 Å². The van der Waals surface area contributed by atoms with Gasteiger partial charge in [0.15, 0.2) is 5.56 Å². The van der Waals surface area contributed by atoms with Crippen LogP contribution in [0.1, 0.15) is 33.6 Å². The Morgan fingerprint density at radius 3 is 2.52 bits per heavy atom. The van der Waals surface area contributed by atoms with Crippen molar-refractivity contribution in [1.82, 2.24) is 9.80 Å². The van der Waals surface area contributed by atoms with Gasteiger partial charge in [-0.1, -0.05) is 23.7 Å². The van der Waals surface area contributed by atoms with E-state index in [9.17, 15) is 13.6 Å². The van der Waals surface area contributed by atoms with Gasteiger partial charge in [-0.05, 0) is 61.6 Å². The number of rotatable bonds is 3. The summed E-state index contributed by atoms with van der Waals surface area (Å²) in [6, 6.07) is 13.1. The highest BCUT2D eigenvalue weighted by Crippen LogP contribution is 2.52. The van der Waals surface area contributed by atoms with E-state index in [1.165, 1.54) is 6.07 Å². The molecule has 0 aliphatic carbocycles. The Kier molecular flexibility index (Phi) is 5.21. The molecular weight excluding hydrogens is 438 g/mol. The third-order valence-electron chi connectivity index (χ3n) is 6.70. The van der Waals surface area contributed by atoms with Crippen LogP contribution in [0.5, 0.6) is 0 Å². The van der Waals surface area contributed by atoms with Crippen LogP contribution in [0.15, 0.2) is 53.9 Å². The SMILES string of the molecule is O=C(c1c(F)cccc1F)[N+]1(Cc2cccs2)CC2(CCNCC2)c2cc(Cl)ccc21. The molecule has 3 nitrogen and oxygen atoms in total. The number of nitrogens with one attached hydrogen (secondary N) is 1. The van der Waals surface area contributed by atoms with Crippen molar-refractivity contribution in [2.24, 2.45) is 0 Å². The second-order valence-electron chi connectivity index (χ2n) is 8.46. The molecule has 1 spiro atoms. The van der Waals surface area contributed by atoms with Gasteiger partial charge >= 0.3 is 5.91 Å².